The molecule has 5 unspecified atom stereocenters. The minimum absolute atomic E-state index is 0.0634. The van der Waals surface area contributed by atoms with Crippen LogP contribution in [0.4, 0.5) is 0 Å². The number of esters is 4. The van der Waals surface area contributed by atoms with Crippen molar-refractivity contribution in [3.05, 3.63) is 122 Å². The highest BCUT2D eigenvalue weighted by atomic mass is 31.2. The average Bonchev–Trinajstić information content (AvgIpc) is 1.56. The van der Waals surface area contributed by atoms with Crippen LogP contribution < -0.4 is 0 Å². The van der Waals surface area contributed by atoms with Gasteiger partial charge in [-0.15, -0.1) is 0 Å². The van der Waals surface area contributed by atoms with Crippen molar-refractivity contribution in [2.75, 3.05) is 39.6 Å². The van der Waals surface area contributed by atoms with Gasteiger partial charge in [-0.3, -0.25) is 37.3 Å². The topological polar surface area (TPSA) is 237 Å². The van der Waals surface area contributed by atoms with Gasteiger partial charge in [0.25, 0.3) is 0 Å². The summed E-state index contributed by atoms with van der Waals surface area (Å²) in [7, 11) is -9.97. The Kier molecular flexibility index (Phi) is 65.7. The van der Waals surface area contributed by atoms with Gasteiger partial charge >= 0.3 is 39.5 Å². The number of phosphoric acid groups is 2. The van der Waals surface area contributed by atoms with E-state index in [-0.39, 0.29) is 25.7 Å². The molecule has 0 fully saturated rings. The van der Waals surface area contributed by atoms with Crippen LogP contribution in [-0.4, -0.2) is 96.7 Å². The third-order valence-corrected chi connectivity index (χ3v) is 16.9. The highest BCUT2D eigenvalue weighted by molar-refractivity contribution is 7.47. The molecule has 0 heterocycles. The first-order valence-corrected chi connectivity index (χ1v) is 39.8. The summed E-state index contributed by atoms with van der Waals surface area (Å²) in [4.78, 5) is 72.6. The van der Waals surface area contributed by atoms with Gasteiger partial charge in [0.2, 0.25) is 0 Å². The maximum absolute atomic E-state index is 13.0. The molecular weight excluding hydrogens is 1260 g/mol. The Morgan fingerprint density at radius 1 is 0.312 bits per heavy atom. The summed E-state index contributed by atoms with van der Waals surface area (Å²) in [6.45, 7) is 4.44. The Bertz CT molecular complexity index is 2300. The van der Waals surface area contributed by atoms with Crippen LogP contribution in [0, 0.1) is 0 Å². The van der Waals surface area contributed by atoms with E-state index in [9.17, 15) is 43.2 Å². The van der Waals surface area contributed by atoms with E-state index >= 15 is 0 Å². The SMILES string of the molecule is CC/C=C\C/C=C\C/C=C\C/C=C\C/C=C\CC(=O)OCC(COP(=O)(O)OCC(O)COP(=O)(O)OCC(COC(=O)CCCCCCCC/C=C\C/C=C\C/C=C\C/C=C\CC)OC(=O)CCCCCCCCCCCCC)OC(=O)CCCCCCC/C=C\CCCC. The summed E-state index contributed by atoms with van der Waals surface area (Å²) < 4.78 is 68.2. The second kappa shape index (κ2) is 69.0. The van der Waals surface area contributed by atoms with Crippen LogP contribution >= 0.6 is 15.6 Å². The van der Waals surface area contributed by atoms with Crippen molar-refractivity contribution in [2.45, 2.75) is 303 Å². The molecule has 17 nitrogen and oxygen atoms in total. The number of ether oxygens (including phenoxy) is 4. The van der Waals surface area contributed by atoms with E-state index < -0.39 is 97.5 Å². The average molecular weight is 1390 g/mol. The third kappa shape index (κ3) is 68.0. The minimum atomic E-state index is -4.99. The van der Waals surface area contributed by atoms with E-state index in [0.29, 0.717) is 25.7 Å². The van der Waals surface area contributed by atoms with Crippen molar-refractivity contribution in [3.63, 3.8) is 0 Å². The second-order valence-corrected chi connectivity index (χ2v) is 27.0. The molecule has 0 saturated carbocycles. The second-order valence-electron chi connectivity index (χ2n) is 24.1. The Morgan fingerprint density at radius 2 is 0.594 bits per heavy atom. The highest BCUT2D eigenvalue weighted by Gasteiger charge is 2.30. The van der Waals surface area contributed by atoms with Gasteiger partial charge in [0.15, 0.2) is 12.2 Å². The van der Waals surface area contributed by atoms with Gasteiger partial charge < -0.3 is 33.8 Å². The third-order valence-electron chi connectivity index (χ3n) is 15.0. The van der Waals surface area contributed by atoms with Crippen LogP contribution in [0.2, 0.25) is 0 Å². The van der Waals surface area contributed by atoms with Gasteiger partial charge in [0, 0.05) is 19.3 Å². The predicted octanol–water partition coefficient (Wildman–Crippen LogP) is 20.8. The fourth-order valence-electron chi connectivity index (χ4n) is 9.38. The molecule has 0 aliphatic carbocycles. The molecule has 5 atom stereocenters. The Morgan fingerprint density at radius 3 is 0.969 bits per heavy atom. The Hall–Kier alpha value is -4.54. The van der Waals surface area contributed by atoms with Crippen LogP contribution in [0.15, 0.2) is 122 Å². The molecular formula is C77H130O17P2. The van der Waals surface area contributed by atoms with Gasteiger partial charge in [-0.1, -0.05) is 271 Å². The maximum atomic E-state index is 13.0. The molecule has 96 heavy (non-hydrogen) atoms. The minimum Gasteiger partial charge on any atom is -0.462 e. The number of phosphoric ester groups is 2. The molecule has 0 aromatic heterocycles. The van der Waals surface area contributed by atoms with Crippen molar-refractivity contribution < 1.29 is 80.2 Å². The quantitative estimate of drug-likeness (QED) is 0.0169. The summed E-state index contributed by atoms with van der Waals surface area (Å²) in [6.07, 6.45) is 73.8. The molecule has 0 aliphatic rings. The van der Waals surface area contributed by atoms with Gasteiger partial charge in [0.1, 0.15) is 19.3 Å². The van der Waals surface area contributed by atoms with E-state index in [0.717, 1.165) is 154 Å². The largest absolute Gasteiger partial charge is 0.472 e. The molecule has 0 saturated heterocycles. The lowest BCUT2D eigenvalue weighted by Gasteiger charge is -2.21. The first kappa shape index (κ1) is 91.5. The number of hydrogen-bond acceptors (Lipinski definition) is 15. The number of aliphatic hydroxyl groups is 1. The zero-order chi connectivity index (χ0) is 70.4. The maximum Gasteiger partial charge on any atom is 0.472 e. The van der Waals surface area contributed by atoms with E-state index in [1.807, 2.05) is 18.2 Å². The van der Waals surface area contributed by atoms with Crippen molar-refractivity contribution in [3.8, 4) is 0 Å². The number of unbranched alkanes of at least 4 members (excludes halogenated alkanes) is 23. The van der Waals surface area contributed by atoms with Crippen LogP contribution in [-0.2, 0) is 65.4 Å². The van der Waals surface area contributed by atoms with Crippen molar-refractivity contribution in [1.29, 1.82) is 0 Å². The molecule has 550 valence electrons. The van der Waals surface area contributed by atoms with E-state index in [4.69, 9.17) is 37.0 Å². The molecule has 3 N–H and O–H groups in total. The molecule has 0 aromatic rings. The van der Waals surface area contributed by atoms with Crippen LogP contribution in [0.3, 0.4) is 0 Å². The summed E-state index contributed by atoms with van der Waals surface area (Å²) in [6, 6.07) is 0. The van der Waals surface area contributed by atoms with E-state index in [1.165, 1.54) is 51.4 Å². The number of rotatable bonds is 68. The monoisotopic (exact) mass is 1390 g/mol. The molecule has 0 aromatic carbocycles. The zero-order valence-corrected chi connectivity index (χ0v) is 61.5. The summed E-state index contributed by atoms with van der Waals surface area (Å²) >= 11 is 0. The number of carbonyl (C=O) groups excluding carboxylic acids is 4. The molecule has 0 bridgehead atoms. The summed E-state index contributed by atoms with van der Waals surface area (Å²) in [5.41, 5.74) is 0. The standard InChI is InChI=1S/C77H130O17P2/c1-5-9-13-17-21-25-29-31-33-34-35-36-38-40-44-46-50-54-58-62-75(80)88-68-73(94-77(82)64-60-56-52-48-42-28-24-20-16-12-8-4)70-92-96(85,86)90-66-71(78)65-89-95(83,84)91-69-72(93-76(81)63-59-55-51-47-41-27-23-19-15-11-7-3)67-87-74(79)61-57-53-49-45-43-39-37-32-30-26-22-18-14-10-6-2/h9-10,13-14,19,21-23,25-26,31-33,35-37,43,45,53,57,71-73,78H,5-8,11-12,15-18,20,24,27-30,34,38-42,44,46-52,54-56,58-70H2,1-4H3,(H,83,84)(H,85,86)/b13-9-,14-10-,23-19-,25-21-,26-22-,33-31-,36-35-,37-32-,45-43-,57-53-. The normalized spacial score (nSPS) is 14.7. The fraction of sp³-hybridized carbons (Fsp3) is 0.688. The van der Waals surface area contributed by atoms with E-state index in [1.54, 1.807) is 6.08 Å². The molecule has 0 radical (unpaired) electrons. The molecule has 19 heteroatoms. The van der Waals surface area contributed by atoms with Crippen molar-refractivity contribution >= 4 is 39.5 Å². The summed E-state index contributed by atoms with van der Waals surface area (Å²) in [5.74, 6) is -2.35. The Labute approximate surface area is 581 Å². The van der Waals surface area contributed by atoms with Gasteiger partial charge in [0.05, 0.1) is 32.8 Å². The lowest BCUT2D eigenvalue weighted by atomic mass is 10.1. The first-order chi connectivity index (χ1) is 46.7. The van der Waals surface area contributed by atoms with Gasteiger partial charge in [-0.05, 0) is 109 Å². The molecule has 0 spiro atoms. The number of aliphatic hydroxyl groups excluding tert-OH is 1. The predicted molar refractivity (Wildman–Crippen MR) is 390 cm³/mol. The first-order valence-electron chi connectivity index (χ1n) is 36.8. The van der Waals surface area contributed by atoms with Gasteiger partial charge in [-0.25, -0.2) is 9.13 Å². The smallest absolute Gasteiger partial charge is 0.462 e. The Balaban J connectivity index is 5.35. The zero-order valence-electron chi connectivity index (χ0n) is 59.8. The van der Waals surface area contributed by atoms with Crippen molar-refractivity contribution in [2.24, 2.45) is 0 Å². The lowest BCUT2D eigenvalue weighted by Crippen LogP contribution is -2.30. The molecule has 0 amide bonds. The van der Waals surface area contributed by atoms with Crippen LogP contribution in [0.25, 0.3) is 0 Å². The number of allylic oxidation sites excluding steroid dienone is 19. The summed E-state index contributed by atoms with van der Waals surface area (Å²) in [5, 5.41) is 10.6. The highest BCUT2D eigenvalue weighted by Crippen LogP contribution is 2.45. The molecule has 0 rings (SSSR count). The number of hydrogen-bond donors (Lipinski definition) is 3. The number of carbonyl (C=O) groups is 4. The fourth-order valence-corrected chi connectivity index (χ4v) is 11.0. The van der Waals surface area contributed by atoms with Crippen molar-refractivity contribution in [1.82, 2.24) is 0 Å². The van der Waals surface area contributed by atoms with Crippen LogP contribution in [0.1, 0.15) is 285 Å². The molecule has 0 aliphatic heterocycles. The van der Waals surface area contributed by atoms with E-state index in [2.05, 4.69) is 125 Å². The van der Waals surface area contributed by atoms with Gasteiger partial charge in [-0.2, -0.15) is 0 Å². The van der Waals surface area contributed by atoms with Crippen LogP contribution in [0.5, 0.6) is 0 Å². The lowest BCUT2D eigenvalue weighted by molar-refractivity contribution is -0.161.